The minimum absolute atomic E-state index is 0.306. The maximum atomic E-state index is 10.4. The van der Waals surface area contributed by atoms with Crippen molar-refractivity contribution in [3.63, 3.8) is 0 Å². The summed E-state index contributed by atoms with van der Waals surface area (Å²) < 4.78 is 5.73. The van der Waals surface area contributed by atoms with Gasteiger partial charge in [0, 0.05) is 0 Å². The zero-order valence-corrected chi connectivity index (χ0v) is 5.73. The second-order valence-electron chi connectivity index (χ2n) is 1.42. The van der Waals surface area contributed by atoms with Crippen LogP contribution in [0.4, 0.5) is 4.79 Å². The molecule has 0 aromatic rings. The van der Waals surface area contributed by atoms with E-state index in [9.17, 15) is 4.79 Å². The number of hydrogen-bond donors (Lipinski definition) is 2. The van der Waals surface area contributed by atoms with Crippen molar-refractivity contribution in [2.45, 2.75) is 5.44 Å². The molecule has 1 fully saturated rings. The molecule has 1 aliphatic rings. The SMILES string of the molecule is O=C1OC(S)CN1S. The summed E-state index contributed by atoms with van der Waals surface area (Å²) in [4.78, 5) is 10.4. The first-order valence-corrected chi connectivity index (χ1v) is 2.97. The fourth-order valence-electron chi connectivity index (χ4n) is 0.437. The van der Waals surface area contributed by atoms with Crippen LogP contribution in [-0.4, -0.2) is 22.4 Å². The molecule has 0 saturated carbocycles. The number of carbonyl (C=O) groups excluding carboxylic acids is 1. The lowest BCUT2D eigenvalue weighted by Crippen LogP contribution is -2.11. The molecule has 0 N–H and O–H groups in total. The number of cyclic esters (lactones) is 1. The Labute approximate surface area is 57.9 Å². The van der Waals surface area contributed by atoms with E-state index in [1.807, 2.05) is 0 Å². The number of thiol groups is 2. The molecule has 0 bridgehead atoms. The topological polar surface area (TPSA) is 29.5 Å². The molecule has 1 aliphatic heterocycles. The minimum Gasteiger partial charge on any atom is -0.433 e. The van der Waals surface area contributed by atoms with Gasteiger partial charge in [0.15, 0.2) is 5.44 Å². The molecule has 46 valence electrons. The third-order valence-corrected chi connectivity index (χ3v) is 1.37. The zero-order valence-electron chi connectivity index (χ0n) is 3.94. The Bertz CT molecular complexity index is 118. The predicted octanol–water partition coefficient (Wildman–Crippen LogP) is 0.539. The summed E-state index contributed by atoms with van der Waals surface area (Å²) in [5.41, 5.74) is -0.306. The Morgan fingerprint density at radius 2 is 2.50 bits per heavy atom. The number of rotatable bonds is 0. The summed E-state index contributed by atoms with van der Waals surface area (Å²) in [6, 6.07) is 0. The van der Waals surface area contributed by atoms with E-state index >= 15 is 0 Å². The minimum atomic E-state index is -0.423. The molecule has 0 aromatic carbocycles. The van der Waals surface area contributed by atoms with Crippen LogP contribution in [0.1, 0.15) is 0 Å². The summed E-state index contributed by atoms with van der Waals surface area (Å²) >= 11 is 7.63. The van der Waals surface area contributed by atoms with E-state index in [1.54, 1.807) is 0 Å². The van der Waals surface area contributed by atoms with Crippen LogP contribution in [-0.2, 0) is 4.74 Å². The van der Waals surface area contributed by atoms with Gasteiger partial charge in [-0.2, -0.15) is 0 Å². The van der Waals surface area contributed by atoms with Gasteiger partial charge in [0.05, 0.1) is 6.54 Å². The average Bonchev–Trinajstić information content (AvgIpc) is 1.85. The van der Waals surface area contributed by atoms with Gasteiger partial charge in [-0.3, -0.25) is 0 Å². The molecule has 1 atom stereocenters. The van der Waals surface area contributed by atoms with Gasteiger partial charge in [0.1, 0.15) is 0 Å². The molecule has 0 spiro atoms. The number of carbonyl (C=O) groups is 1. The molecule has 1 amide bonds. The Kier molecular flexibility index (Phi) is 1.57. The fourth-order valence-corrected chi connectivity index (χ4v) is 1.01. The second-order valence-corrected chi connectivity index (χ2v) is 2.48. The highest BCUT2D eigenvalue weighted by Crippen LogP contribution is 2.14. The molecule has 0 radical (unpaired) electrons. The molecule has 1 saturated heterocycles. The zero-order chi connectivity index (χ0) is 6.15. The lowest BCUT2D eigenvalue weighted by molar-refractivity contribution is 0.164. The van der Waals surface area contributed by atoms with Crippen LogP contribution >= 0.6 is 25.4 Å². The van der Waals surface area contributed by atoms with Crippen molar-refractivity contribution in [3.05, 3.63) is 0 Å². The maximum absolute atomic E-state index is 10.4. The highest BCUT2D eigenvalue weighted by Gasteiger charge is 2.25. The summed E-state index contributed by atoms with van der Waals surface area (Å²) in [5, 5.41) is 0. The number of amides is 1. The van der Waals surface area contributed by atoms with Crippen LogP contribution in [0.5, 0.6) is 0 Å². The third kappa shape index (κ3) is 1.03. The van der Waals surface area contributed by atoms with Crippen LogP contribution in [0, 0.1) is 0 Å². The molecule has 0 aliphatic carbocycles. The molecule has 1 unspecified atom stereocenters. The van der Waals surface area contributed by atoms with Gasteiger partial charge in [0.25, 0.3) is 0 Å². The van der Waals surface area contributed by atoms with E-state index in [1.165, 1.54) is 4.31 Å². The summed E-state index contributed by atoms with van der Waals surface area (Å²) in [7, 11) is 0. The van der Waals surface area contributed by atoms with Gasteiger partial charge in [-0.1, -0.05) is 12.8 Å². The Morgan fingerprint density at radius 1 is 1.88 bits per heavy atom. The number of ether oxygens (including phenoxy) is 1. The monoisotopic (exact) mass is 151 g/mol. The van der Waals surface area contributed by atoms with Crippen LogP contribution in [0.25, 0.3) is 0 Å². The Hall–Kier alpha value is -0.0300. The van der Waals surface area contributed by atoms with E-state index in [0.29, 0.717) is 6.54 Å². The van der Waals surface area contributed by atoms with Crippen molar-refractivity contribution in [1.29, 1.82) is 0 Å². The molecule has 3 nitrogen and oxygen atoms in total. The van der Waals surface area contributed by atoms with E-state index < -0.39 is 6.09 Å². The summed E-state index contributed by atoms with van der Waals surface area (Å²) in [6.07, 6.45) is -0.423. The molecule has 1 rings (SSSR count). The van der Waals surface area contributed by atoms with Gasteiger partial charge < -0.3 is 4.74 Å². The van der Waals surface area contributed by atoms with Crippen molar-refractivity contribution in [1.82, 2.24) is 4.31 Å². The fraction of sp³-hybridized carbons (Fsp3) is 0.667. The van der Waals surface area contributed by atoms with Crippen LogP contribution in [0.3, 0.4) is 0 Å². The first-order chi connectivity index (χ1) is 3.70. The first kappa shape index (κ1) is 6.10. The Morgan fingerprint density at radius 3 is 2.62 bits per heavy atom. The van der Waals surface area contributed by atoms with Crippen LogP contribution < -0.4 is 0 Å². The standard InChI is InChI=1S/C3H5NO2S2/c5-3-4(8)1-2(7)6-3/h2,7-8H,1H2. The largest absolute Gasteiger partial charge is 0.433 e. The summed E-state index contributed by atoms with van der Waals surface area (Å²) in [6.45, 7) is 0.449. The quantitative estimate of drug-likeness (QED) is 0.495. The normalized spacial score (nSPS) is 28.5. The lowest BCUT2D eigenvalue weighted by atomic mass is 10.7. The smallest absolute Gasteiger partial charge is 0.421 e. The first-order valence-electron chi connectivity index (χ1n) is 2.05. The van der Waals surface area contributed by atoms with Gasteiger partial charge in [-0.15, -0.1) is 12.6 Å². The molecule has 8 heavy (non-hydrogen) atoms. The van der Waals surface area contributed by atoms with E-state index in [0.717, 1.165) is 0 Å². The van der Waals surface area contributed by atoms with Crippen LogP contribution in [0.2, 0.25) is 0 Å². The van der Waals surface area contributed by atoms with Crippen molar-refractivity contribution in [3.8, 4) is 0 Å². The molecular formula is C3H5NO2S2. The Balaban J connectivity index is 2.51. The van der Waals surface area contributed by atoms with E-state index in [2.05, 4.69) is 30.2 Å². The molecular weight excluding hydrogens is 146 g/mol. The van der Waals surface area contributed by atoms with Crippen molar-refractivity contribution < 1.29 is 9.53 Å². The maximum Gasteiger partial charge on any atom is 0.421 e. The second kappa shape index (κ2) is 2.06. The van der Waals surface area contributed by atoms with Crippen LogP contribution in [0.15, 0.2) is 0 Å². The summed E-state index contributed by atoms with van der Waals surface area (Å²) in [5.74, 6) is 0. The molecule has 1 heterocycles. The van der Waals surface area contributed by atoms with Crippen molar-refractivity contribution in [2.75, 3.05) is 6.54 Å². The molecule has 0 aromatic heterocycles. The van der Waals surface area contributed by atoms with Gasteiger partial charge in [-0.05, 0) is 0 Å². The van der Waals surface area contributed by atoms with Crippen molar-refractivity contribution in [2.24, 2.45) is 0 Å². The number of hydrogen-bond acceptors (Lipinski definition) is 4. The van der Waals surface area contributed by atoms with E-state index in [-0.39, 0.29) is 5.44 Å². The third-order valence-electron chi connectivity index (χ3n) is 0.777. The van der Waals surface area contributed by atoms with Gasteiger partial charge in [-0.25, -0.2) is 9.10 Å². The van der Waals surface area contributed by atoms with E-state index in [4.69, 9.17) is 0 Å². The number of nitrogens with zero attached hydrogens (tertiary/aromatic N) is 1. The predicted molar refractivity (Wildman–Crippen MR) is 34.9 cm³/mol. The highest BCUT2D eigenvalue weighted by atomic mass is 32.1. The molecule has 5 heteroatoms. The van der Waals surface area contributed by atoms with Gasteiger partial charge >= 0.3 is 6.09 Å². The lowest BCUT2D eigenvalue weighted by Gasteiger charge is -1.96. The van der Waals surface area contributed by atoms with Crippen molar-refractivity contribution >= 4 is 31.5 Å². The average molecular weight is 151 g/mol. The highest BCUT2D eigenvalue weighted by molar-refractivity contribution is 7.81. The van der Waals surface area contributed by atoms with Gasteiger partial charge in [0.2, 0.25) is 0 Å².